The van der Waals surface area contributed by atoms with Crippen molar-refractivity contribution in [3.05, 3.63) is 16.1 Å². The Morgan fingerprint density at radius 1 is 1.29 bits per heavy atom. The van der Waals surface area contributed by atoms with Crippen LogP contribution in [0.1, 0.15) is 0 Å². The minimum Gasteiger partial charge on any atom is -0.243 e. The predicted octanol–water partition coefficient (Wildman–Crippen LogP) is 2.50. The molecular weight excluding hydrogens is 229 g/mol. The molecule has 7 heteroatoms. The second-order valence-electron chi connectivity index (χ2n) is 2.35. The summed E-state index contributed by atoms with van der Waals surface area (Å²) in [6.07, 6.45) is 1.36. The van der Waals surface area contributed by atoms with Crippen molar-refractivity contribution in [3.63, 3.8) is 0 Å². The minimum absolute atomic E-state index is 0.155. The standard InChI is InChI=1S/C7HCl2N3O2/c8-3-1-4(9)6-7(12-14-11-6)5(3)10-2-13/h1H. The summed E-state index contributed by atoms with van der Waals surface area (Å²) in [5.74, 6) is 0. The van der Waals surface area contributed by atoms with Crippen LogP contribution >= 0.6 is 23.2 Å². The molecule has 1 aromatic heterocycles. The van der Waals surface area contributed by atoms with Gasteiger partial charge in [0.2, 0.25) is 6.08 Å². The number of benzene rings is 1. The molecular formula is C7HCl2N3O2. The molecule has 0 fully saturated rings. The van der Waals surface area contributed by atoms with Gasteiger partial charge in [-0.3, -0.25) is 0 Å². The number of nitrogens with zero attached hydrogens (tertiary/aromatic N) is 3. The second-order valence-corrected chi connectivity index (χ2v) is 3.17. The highest BCUT2D eigenvalue weighted by Gasteiger charge is 2.14. The Kier molecular flexibility index (Phi) is 2.21. The van der Waals surface area contributed by atoms with Crippen LogP contribution in [0, 0.1) is 0 Å². The Balaban J connectivity index is 2.92. The van der Waals surface area contributed by atoms with E-state index in [1.807, 2.05) is 0 Å². The third kappa shape index (κ3) is 1.28. The monoisotopic (exact) mass is 229 g/mol. The third-order valence-electron chi connectivity index (χ3n) is 1.58. The molecule has 1 heterocycles. The maximum Gasteiger partial charge on any atom is 0.240 e. The summed E-state index contributed by atoms with van der Waals surface area (Å²) in [6.45, 7) is 0. The Labute approximate surface area is 87.3 Å². The first-order valence-corrected chi connectivity index (χ1v) is 4.17. The van der Waals surface area contributed by atoms with Crippen molar-refractivity contribution in [2.24, 2.45) is 4.99 Å². The highest BCUT2D eigenvalue weighted by atomic mass is 35.5. The van der Waals surface area contributed by atoms with E-state index in [9.17, 15) is 4.79 Å². The van der Waals surface area contributed by atoms with Gasteiger partial charge in [0.25, 0.3) is 0 Å². The maximum atomic E-state index is 10.1. The highest BCUT2D eigenvalue weighted by molar-refractivity contribution is 6.40. The molecule has 0 N–H and O–H groups in total. The van der Waals surface area contributed by atoms with Gasteiger partial charge in [0, 0.05) is 0 Å². The van der Waals surface area contributed by atoms with Crippen LogP contribution in [-0.4, -0.2) is 16.4 Å². The zero-order valence-electron chi connectivity index (χ0n) is 6.49. The smallest absolute Gasteiger partial charge is 0.240 e. The van der Waals surface area contributed by atoms with Crippen molar-refractivity contribution in [2.45, 2.75) is 0 Å². The molecule has 14 heavy (non-hydrogen) atoms. The minimum atomic E-state index is 0.155. The second kappa shape index (κ2) is 3.38. The van der Waals surface area contributed by atoms with Gasteiger partial charge in [0.05, 0.1) is 10.0 Å². The van der Waals surface area contributed by atoms with Gasteiger partial charge in [0.1, 0.15) is 5.69 Å². The fourth-order valence-electron chi connectivity index (χ4n) is 1.01. The summed E-state index contributed by atoms with van der Waals surface area (Å²) >= 11 is 11.6. The molecule has 0 unspecified atom stereocenters. The fourth-order valence-corrected chi connectivity index (χ4v) is 1.54. The Bertz CT molecular complexity index is 545. The average Bonchev–Trinajstić information content (AvgIpc) is 2.60. The maximum absolute atomic E-state index is 10.1. The SMILES string of the molecule is O=C=Nc1c(Cl)cc(Cl)c2nonc12. The van der Waals surface area contributed by atoms with Crippen molar-refractivity contribution in [1.82, 2.24) is 10.3 Å². The van der Waals surface area contributed by atoms with Crippen molar-refractivity contribution in [2.75, 3.05) is 0 Å². The van der Waals surface area contributed by atoms with Crippen LogP contribution in [0.4, 0.5) is 5.69 Å². The van der Waals surface area contributed by atoms with E-state index in [1.165, 1.54) is 12.1 Å². The molecule has 0 aliphatic rings. The number of carbonyl (C=O) groups excluding carboxylic acids is 1. The van der Waals surface area contributed by atoms with Crippen molar-refractivity contribution in [3.8, 4) is 0 Å². The molecule has 0 aliphatic heterocycles. The first kappa shape index (κ1) is 9.15. The number of aromatic nitrogens is 2. The topological polar surface area (TPSA) is 68.3 Å². The third-order valence-corrected chi connectivity index (χ3v) is 2.15. The van der Waals surface area contributed by atoms with Gasteiger partial charge in [-0.2, -0.15) is 4.99 Å². The van der Waals surface area contributed by atoms with Crippen LogP contribution < -0.4 is 0 Å². The molecule has 0 saturated heterocycles. The summed E-state index contributed by atoms with van der Waals surface area (Å²) < 4.78 is 4.45. The zero-order valence-corrected chi connectivity index (χ0v) is 8.00. The summed E-state index contributed by atoms with van der Waals surface area (Å²) in [6, 6.07) is 1.41. The molecule has 0 atom stereocenters. The molecule has 0 saturated carbocycles. The van der Waals surface area contributed by atoms with Gasteiger partial charge in [-0.1, -0.05) is 23.2 Å². The average molecular weight is 230 g/mol. The van der Waals surface area contributed by atoms with Crippen LogP contribution in [0.2, 0.25) is 10.0 Å². The van der Waals surface area contributed by atoms with E-state index in [2.05, 4.69) is 19.9 Å². The van der Waals surface area contributed by atoms with Gasteiger partial charge >= 0.3 is 0 Å². The van der Waals surface area contributed by atoms with E-state index >= 15 is 0 Å². The first-order chi connectivity index (χ1) is 6.74. The predicted molar refractivity (Wildman–Crippen MR) is 49.6 cm³/mol. The van der Waals surface area contributed by atoms with Crippen molar-refractivity contribution in [1.29, 1.82) is 0 Å². The summed E-state index contributed by atoms with van der Waals surface area (Å²) in [4.78, 5) is 13.5. The van der Waals surface area contributed by atoms with E-state index < -0.39 is 0 Å². The molecule has 0 amide bonds. The molecule has 1 aromatic carbocycles. The van der Waals surface area contributed by atoms with Gasteiger partial charge in [-0.25, -0.2) is 9.42 Å². The van der Waals surface area contributed by atoms with Crippen molar-refractivity contribution < 1.29 is 9.42 Å². The normalized spacial score (nSPS) is 10.1. The van der Waals surface area contributed by atoms with Gasteiger partial charge < -0.3 is 0 Å². The quantitative estimate of drug-likeness (QED) is 0.557. The molecule has 2 rings (SSSR count). The van der Waals surface area contributed by atoms with Crippen LogP contribution in [0.15, 0.2) is 15.7 Å². The molecule has 0 radical (unpaired) electrons. The molecule has 5 nitrogen and oxygen atoms in total. The highest BCUT2D eigenvalue weighted by Crippen LogP contribution is 2.35. The first-order valence-electron chi connectivity index (χ1n) is 3.42. The van der Waals surface area contributed by atoms with E-state index in [4.69, 9.17) is 23.2 Å². The van der Waals surface area contributed by atoms with Gasteiger partial charge in [0.15, 0.2) is 11.0 Å². The number of hydrogen-bond donors (Lipinski definition) is 0. The number of fused-ring (bicyclic) bond motifs is 1. The zero-order chi connectivity index (χ0) is 10.1. The Hall–Kier alpha value is -1.42. The number of isocyanates is 1. The van der Waals surface area contributed by atoms with Crippen LogP contribution in [-0.2, 0) is 4.79 Å². The van der Waals surface area contributed by atoms with Crippen molar-refractivity contribution >= 4 is 46.0 Å². The summed E-state index contributed by atoms with van der Waals surface area (Å²) in [5.41, 5.74) is 0.707. The molecule has 70 valence electrons. The van der Waals surface area contributed by atoms with E-state index in [0.29, 0.717) is 5.52 Å². The molecule has 0 bridgehead atoms. The molecule has 0 aliphatic carbocycles. The number of rotatable bonds is 1. The lowest BCUT2D eigenvalue weighted by Gasteiger charge is -1.96. The Morgan fingerprint density at radius 2 is 2.00 bits per heavy atom. The van der Waals surface area contributed by atoms with E-state index in [0.717, 1.165) is 0 Å². The van der Waals surface area contributed by atoms with Gasteiger partial charge in [-0.05, 0) is 16.4 Å². The largest absolute Gasteiger partial charge is 0.243 e. The van der Waals surface area contributed by atoms with Crippen LogP contribution in [0.25, 0.3) is 11.0 Å². The Morgan fingerprint density at radius 3 is 2.71 bits per heavy atom. The lowest BCUT2D eigenvalue weighted by molar-refractivity contribution is 0.315. The molecule has 0 spiro atoms. The fraction of sp³-hybridized carbons (Fsp3) is 0. The van der Waals surface area contributed by atoms with Gasteiger partial charge in [-0.15, -0.1) is 0 Å². The number of hydrogen-bond acceptors (Lipinski definition) is 5. The van der Waals surface area contributed by atoms with E-state index in [1.54, 1.807) is 0 Å². The van der Waals surface area contributed by atoms with Crippen LogP contribution in [0.3, 0.4) is 0 Å². The number of halogens is 2. The summed E-state index contributed by atoms with van der Waals surface area (Å²) in [5, 5.41) is 7.55. The lowest BCUT2D eigenvalue weighted by atomic mass is 10.2. The van der Waals surface area contributed by atoms with E-state index in [-0.39, 0.29) is 21.2 Å². The summed E-state index contributed by atoms with van der Waals surface area (Å²) in [7, 11) is 0. The van der Waals surface area contributed by atoms with Crippen LogP contribution in [0.5, 0.6) is 0 Å². The number of aliphatic imine (C=N–C) groups is 1. The molecule has 2 aromatic rings. The lowest BCUT2D eigenvalue weighted by Crippen LogP contribution is -1.76.